The van der Waals surface area contributed by atoms with Crippen LogP contribution in [0.4, 0.5) is 0 Å². The quantitative estimate of drug-likeness (QED) is 0.556. The maximum Gasteiger partial charge on any atom is 0.0839 e. The van der Waals surface area contributed by atoms with Crippen molar-refractivity contribution in [3.63, 3.8) is 0 Å². The molecule has 0 fully saturated rings. The molecule has 0 saturated heterocycles. The molecule has 1 aromatic carbocycles. The second kappa shape index (κ2) is 6.23. The molecule has 0 aromatic heterocycles. The average molecular weight is 330 g/mol. The van der Waals surface area contributed by atoms with Crippen LogP contribution in [0.15, 0.2) is 34.3 Å². The van der Waals surface area contributed by atoms with Gasteiger partial charge in [0.25, 0.3) is 0 Å². The lowest BCUT2D eigenvalue weighted by Gasteiger charge is -2.20. The fraction of sp³-hybridized carbons (Fsp3) is 0.467. The maximum atomic E-state index is 6.16. The van der Waals surface area contributed by atoms with Gasteiger partial charge in [-0.15, -0.1) is 11.6 Å². The minimum absolute atomic E-state index is 0.124. The molecule has 0 spiro atoms. The van der Waals surface area contributed by atoms with Gasteiger partial charge >= 0.3 is 0 Å². The molecule has 0 saturated carbocycles. The molecule has 0 N–H and O–H groups in total. The number of allylic oxidation sites excluding steroid dienone is 1. The monoisotopic (exact) mass is 328 g/mol. The highest BCUT2D eigenvalue weighted by atomic mass is 79.9. The Bertz CT molecular complexity index is 456. The molecule has 3 heteroatoms. The van der Waals surface area contributed by atoms with Gasteiger partial charge in [0.15, 0.2) is 0 Å². The summed E-state index contributed by atoms with van der Waals surface area (Å²) in [6.07, 6.45) is 4.51. The number of hydrogen-bond donors (Lipinski definition) is 0. The van der Waals surface area contributed by atoms with Crippen molar-refractivity contribution in [1.82, 2.24) is 0 Å². The summed E-state index contributed by atoms with van der Waals surface area (Å²) in [4.78, 5) is 0. The first-order valence-electron chi connectivity index (χ1n) is 6.29. The SMILES string of the molecule is C/C(=C/CCl)[C@H](C)O[C@H]1CCc2c(Br)cccc21. The Morgan fingerprint density at radius 3 is 3.11 bits per heavy atom. The number of fused-ring (bicyclic) bond motifs is 1. The minimum atomic E-state index is 0.124. The first-order chi connectivity index (χ1) is 8.63. The summed E-state index contributed by atoms with van der Waals surface area (Å²) in [5.74, 6) is 0.548. The summed E-state index contributed by atoms with van der Waals surface area (Å²) in [5.41, 5.74) is 3.93. The topological polar surface area (TPSA) is 9.23 Å². The van der Waals surface area contributed by atoms with Crippen LogP contribution in [0.5, 0.6) is 0 Å². The Morgan fingerprint density at radius 2 is 2.39 bits per heavy atom. The smallest absolute Gasteiger partial charge is 0.0839 e. The van der Waals surface area contributed by atoms with Crippen molar-refractivity contribution in [2.75, 3.05) is 5.88 Å². The lowest BCUT2D eigenvalue weighted by molar-refractivity contribution is 0.0169. The third-order valence-corrected chi connectivity index (χ3v) is 4.46. The molecule has 0 radical (unpaired) electrons. The van der Waals surface area contributed by atoms with E-state index in [0.29, 0.717) is 5.88 Å². The first kappa shape index (κ1) is 14.1. The highest BCUT2D eigenvalue weighted by Gasteiger charge is 2.26. The van der Waals surface area contributed by atoms with Crippen LogP contribution in [0.1, 0.15) is 37.5 Å². The predicted octanol–water partition coefficient (Wildman–Crippen LogP) is 5.03. The molecular formula is C15H18BrClO. The number of hydrogen-bond acceptors (Lipinski definition) is 1. The van der Waals surface area contributed by atoms with E-state index in [1.807, 2.05) is 6.08 Å². The van der Waals surface area contributed by atoms with Gasteiger partial charge in [0.2, 0.25) is 0 Å². The van der Waals surface area contributed by atoms with Crippen molar-refractivity contribution < 1.29 is 4.74 Å². The summed E-state index contributed by atoms with van der Waals surface area (Å²) < 4.78 is 7.36. The first-order valence-corrected chi connectivity index (χ1v) is 7.61. The van der Waals surface area contributed by atoms with Gasteiger partial charge in [-0.2, -0.15) is 0 Å². The highest BCUT2D eigenvalue weighted by molar-refractivity contribution is 9.10. The summed E-state index contributed by atoms with van der Waals surface area (Å²) in [7, 11) is 0. The van der Waals surface area contributed by atoms with E-state index >= 15 is 0 Å². The van der Waals surface area contributed by atoms with Gasteiger partial charge in [-0.3, -0.25) is 0 Å². The van der Waals surface area contributed by atoms with E-state index in [2.05, 4.69) is 48.0 Å². The standard InChI is InChI=1S/C15H18BrClO/c1-10(8-9-17)11(2)18-15-7-6-12-13(15)4-3-5-14(12)16/h3-5,8,11,15H,6-7,9H2,1-2H3/b10-8-/t11-,15-/m0/s1. The zero-order chi connectivity index (χ0) is 13.1. The van der Waals surface area contributed by atoms with Crippen LogP contribution in [-0.2, 0) is 11.2 Å². The number of ether oxygens (including phenoxy) is 1. The van der Waals surface area contributed by atoms with E-state index in [1.165, 1.54) is 21.2 Å². The Kier molecular flexibility index (Phi) is 4.88. The fourth-order valence-corrected chi connectivity index (χ4v) is 3.18. The maximum absolute atomic E-state index is 6.16. The third-order valence-electron chi connectivity index (χ3n) is 3.57. The van der Waals surface area contributed by atoms with E-state index in [1.54, 1.807) is 0 Å². The zero-order valence-electron chi connectivity index (χ0n) is 10.7. The van der Waals surface area contributed by atoms with Gasteiger partial charge in [-0.1, -0.05) is 34.1 Å². The second-order valence-electron chi connectivity index (χ2n) is 4.72. The molecular weight excluding hydrogens is 312 g/mol. The van der Waals surface area contributed by atoms with Crippen molar-refractivity contribution in [2.45, 2.75) is 38.9 Å². The summed E-state index contributed by atoms with van der Waals surface area (Å²) in [6.45, 7) is 4.16. The molecule has 1 nitrogen and oxygen atoms in total. The summed E-state index contributed by atoms with van der Waals surface area (Å²) in [6, 6.07) is 6.35. The van der Waals surface area contributed by atoms with Gasteiger partial charge in [0, 0.05) is 10.4 Å². The number of rotatable bonds is 4. The molecule has 2 atom stereocenters. The molecule has 0 aliphatic heterocycles. The largest absolute Gasteiger partial charge is 0.366 e. The molecule has 1 aliphatic rings. The van der Waals surface area contributed by atoms with Crippen LogP contribution >= 0.6 is 27.5 Å². The fourth-order valence-electron chi connectivity index (χ4n) is 2.35. The van der Waals surface area contributed by atoms with Crippen LogP contribution in [0.3, 0.4) is 0 Å². The number of halogens is 2. The van der Waals surface area contributed by atoms with E-state index < -0.39 is 0 Å². The molecule has 1 aromatic rings. The molecule has 98 valence electrons. The Balaban J connectivity index is 2.11. The Morgan fingerprint density at radius 1 is 1.61 bits per heavy atom. The Labute approximate surface area is 122 Å². The second-order valence-corrected chi connectivity index (χ2v) is 5.88. The van der Waals surface area contributed by atoms with Crippen LogP contribution < -0.4 is 0 Å². The molecule has 1 aliphatic carbocycles. The normalized spacial score (nSPS) is 20.9. The average Bonchev–Trinajstić information content (AvgIpc) is 2.74. The van der Waals surface area contributed by atoms with E-state index in [0.717, 1.165) is 12.8 Å². The van der Waals surface area contributed by atoms with Gasteiger partial charge in [-0.05, 0) is 49.5 Å². The molecule has 0 unspecified atom stereocenters. The van der Waals surface area contributed by atoms with Gasteiger partial charge in [0.1, 0.15) is 0 Å². The van der Waals surface area contributed by atoms with E-state index in [4.69, 9.17) is 16.3 Å². The van der Waals surface area contributed by atoms with Crippen molar-refractivity contribution >= 4 is 27.5 Å². The Hall–Kier alpha value is -0.310. The van der Waals surface area contributed by atoms with Crippen molar-refractivity contribution in [1.29, 1.82) is 0 Å². The molecule has 0 bridgehead atoms. The lowest BCUT2D eigenvalue weighted by Crippen LogP contribution is -2.13. The van der Waals surface area contributed by atoms with Gasteiger partial charge in [-0.25, -0.2) is 0 Å². The molecule has 0 amide bonds. The summed E-state index contributed by atoms with van der Waals surface area (Å²) >= 11 is 9.33. The number of benzene rings is 1. The van der Waals surface area contributed by atoms with Gasteiger partial charge in [0.05, 0.1) is 12.2 Å². The lowest BCUT2D eigenvalue weighted by atomic mass is 10.1. The number of alkyl halides is 1. The van der Waals surface area contributed by atoms with Crippen LogP contribution in [-0.4, -0.2) is 12.0 Å². The van der Waals surface area contributed by atoms with Crippen LogP contribution in [0.25, 0.3) is 0 Å². The third kappa shape index (κ3) is 2.98. The van der Waals surface area contributed by atoms with E-state index in [-0.39, 0.29) is 12.2 Å². The predicted molar refractivity (Wildman–Crippen MR) is 80.2 cm³/mol. The zero-order valence-corrected chi connectivity index (χ0v) is 13.1. The van der Waals surface area contributed by atoms with Crippen molar-refractivity contribution in [3.05, 3.63) is 45.4 Å². The molecule has 2 rings (SSSR count). The summed E-state index contributed by atoms with van der Waals surface area (Å²) in [5, 5.41) is 0. The molecule has 0 heterocycles. The van der Waals surface area contributed by atoms with Crippen LogP contribution in [0, 0.1) is 0 Å². The minimum Gasteiger partial charge on any atom is -0.366 e. The van der Waals surface area contributed by atoms with Crippen LogP contribution in [0.2, 0.25) is 0 Å². The van der Waals surface area contributed by atoms with E-state index in [9.17, 15) is 0 Å². The molecule has 18 heavy (non-hydrogen) atoms. The van der Waals surface area contributed by atoms with Crippen molar-refractivity contribution in [2.24, 2.45) is 0 Å². The van der Waals surface area contributed by atoms with Gasteiger partial charge < -0.3 is 4.74 Å². The highest BCUT2D eigenvalue weighted by Crippen LogP contribution is 2.38. The van der Waals surface area contributed by atoms with Crippen molar-refractivity contribution in [3.8, 4) is 0 Å².